The summed E-state index contributed by atoms with van der Waals surface area (Å²) in [5.41, 5.74) is 10.2. The van der Waals surface area contributed by atoms with Gasteiger partial charge in [-0.15, -0.1) is 0 Å². The predicted octanol–water partition coefficient (Wildman–Crippen LogP) is 3.92. The van der Waals surface area contributed by atoms with E-state index in [2.05, 4.69) is 45.9 Å². The van der Waals surface area contributed by atoms with Crippen LogP contribution in [0.1, 0.15) is 55.7 Å². The van der Waals surface area contributed by atoms with Crippen LogP contribution in [0.15, 0.2) is 18.2 Å². The fourth-order valence-electron chi connectivity index (χ4n) is 2.20. The van der Waals surface area contributed by atoms with Crippen molar-refractivity contribution < 1.29 is 0 Å². The van der Waals surface area contributed by atoms with Crippen LogP contribution < -0.4 is 5.73 Å². The Morgan fingerprint density at radius 3 is 2.44 bits per heavy atom. The fourth-order valence-corrected chi connectivity index (χ4v) is 2.20. The molecule has 1 aromatic carbocycles. The Morgan fingerprint density at radius 2 is 1.88 bits per heavy atom. The summed E-state index contributed by atoms with van der Waals surface area (Å²) in [6.45, 7) is 8.82. The van der Waals surface area contributed by atoms with E-state index in [9.17, 15) is 0 Å². The molecule has 0 heterocycles. The molecule has 0 saturated carbocycles. The zero-order valence-corrected chi connectivity index (χ0v) is 11.1. The smallest absolute Gasteiger partial charge is 0.00364 e. The molecule has 90 valence electrons. The second-order valence-corrected chi connectivity index (χ2v) is 5.01. The van der Waals surface area contributed by atoms with E-state index in [1.54, 1.807) is 0 Å². The number of rotatable bonds is 5. The molecule has 0 aliphatic carbocycles. The molecule has 0 spiro atoms. The molecule has 0 radical (unpaired) electrons. The van der Waals surface area contributed by atoms with Gasteiger partial charge in [0.25, 0.3) is 0 Å². The van der Waals surface area contributed by atoms with E-state index in [-0.39, 0.29) is 0 Å². The molecule has 1 aromatic rings. The van der Waals surface area contributed by atoms with Crippen LogP contribution in [0, 0.1) is 13.8 Å². The van der Waals surface area contributed by atoms with Crippen molar-refractivity contribution in [3.8, 4) is 0 Å². The van der Waals surface area contributed by atoms with Crippen LogP contribution in [0.4, 0.5) is 0 Å². The lowest BCUT2D eigenvalue weighted by Crippen LogP contribution is -2.19. The molecular weight excluding hydrogens is 194 g/mol. The van der Waals surface area contributed by atoms with Gasteiger partial charge in [-0.3, -0.25) is 0 Å². The molecular formula is C15H25N. The summed E-state index contributed by atoms with van der Waals surface area (Å²) in [6, 6.07) is 7.12. The minimum atomic E-state index is 0.369. The van der Waals surface area contributed by atoms with Crippen molar-refractivity contribution in [3.05, 3.63) is 34.9 Å². The number of hydrogen-bond donors (Lipinski definition) is 1. The summed E-state index contributed by atoms with van der Waals surface area (Å²) in [4.78, 5) is 0. The molecule has 0 aliphatic rings. The highest BCUT2D eigenvalue weighted by Crippen LogP contribution is 2.25. The van der Waals surface area contributed by atoms with Gasteiger partial charge < -0.3 is 5.73 Å². The Labute approximate surface area is 100 Å². The fraction of sp³-hybridized carbons (Fsp3) is 0.600. The van der Waals surface area contributed by atoms with Gasteiger partial charge in [-0.05, 0) is 50.2 Å². The Bertz CT molecular complexity index is 330. The lowest BCUT2D eigenvalue weighted by Gasteiger charge is -2.17. The van der Waals surface area contributed by atoms with Crippen molar-refractivity contribution in [2.75, 3.05) is 0 Å². The third-order valence-corrected chi connectivity index (χ3v) is 3.45. The first-order chi connectivity index (χ1) is 7.54. The summed E-state index contributed by atoms with van der Waals surface area (Å²) in [5.74, 6) is 0.623. The minimum absolute atomic E-state index is 0.369. The SMILES string of the molecule is CCC(N)CCC(C)c1ccc(C)cc1C. The summed E-state index contributed by atoms with van der Waals surface area (Å²) in [5, 5.41) is 0. The van der Waals surface area contributed by atoms with Crippen molar-refractivity contribution in [2.24, 2.45) is 5.73 Å². The van der Waals surface area contributed by atoms with E-state index in [4.69, 9.17) is 5.73 Å². The van der Waals surface area contributed by atoms with Crippen molar-refractivity contribution in [1.29, 1.82) is 0 Å². The summed E-state index contributed by atoms with van der Waals surface area (Å²) >= 11 is 0. The largest absolute Gasteiger partial charge is 0.328 e. The molecule has 1 rings (SSSR count). The van der Waals surface area contributed by atoms with Crippen LogP contribution in [0.2, 0.25) is 0 Å². The second kappa shape index (κ2) is 6.05. The molecule has 1 heteroatoms. The van der Waals surface area contributed by atoms with E-state index in [1.807, 2.05) is 0 Å². The van der Waals surface area contributed by atoms with E-state index in [0.717, 1.165) is 12.8 Å². The van der Waals surface area contributed by atoms with Crippen molar-refractivity contribution in [1.82, 2.24) is 0 Å². The van der Waals surface area contributed by atoms with Crippen LogP contribution in [-0.2, 0) is 0 Å². The average molecular weight is 219 g/mol. The van der Waals surface area contributed by atoms with E-state index in [1.165, 1.54) is 23.1 Å². The number of hydrogen-bond acceptors (Lipinski definition) is 1. The maximum Gasteiger partial charge on any atom is 0.00364 e. The maximum absolute atomic E-state index is 5.96. The van der Waals surface area contributed by atoms with Crippen LogP contribution in [0.25, 0.3) is 0 Å². The molecule has 16 heavy (non-hydrogen) atoms. The van der Waals surface area contributed by atoms with Gasteiger partial charge in [-0.2, -0.15) is 0 Å². The second-order valence-electron chi connectivity index (χ2n) is 5.01. The predicted molar refractivity (Wildman–Crippen MR) is 71.8 cm³/mol. The maximum atomic E-state index is 5.96. The van der Waals surface area contributed by atoms with Crippen LogP contribution in [0.3, 0.4) is 0 Å². The zero-order valence-electron chi connectivity index (χ0n) is 11.1. The highest BCUT2D eigenvalue weighted by atomic mass is 14.6. The molecule has 2 atom stereocenters. The monoisotopic (exact) mass is 219 g/mol. The van der Waals surface area contributed by atoms with Gasteiger partial charge in [0.05, 0.1) is 0 Å². The molecule has 0 aliphatic heterocycles. The van der Waals surface area contributed by atoms with E-state index >= 15 is 0 Å². The van der Waals surface area contributed by atoms with Gasteiger partial charge in [0.2, 0.25) is 0 Å². The van der Waals surface area contributed by atoms with Gasteiger partial charge in [0, 0.05) is 6.04 Å². The van der Waals surface area contributed by atoms with Crippen LogP contribution in [0.5, 0.6) is 0 Å². The summed E-state index contributed by atoms with van der Waals surface area (Å²) in [7, 11) is 0. The highest BCUT2D eigenvalue weighted by molar-refractivity contribution is 5.32. The third-order valence-electron chi connectivity index (χ3n) is 3.45. The molecule has 0 aromatic heterocycles. The van der Waals surface area contributed by atoms with E-state index in [0.29, 0.717) is 12.0 Å². The quantitative estimate of drug-likeness (QED) is 0.798. The standard InChI is InChI=1S/C15H25N/c1-5-14(16)8-7-12(3)15-9-6-11(2)10-13(15)4/h6,9-10,12,14H,5,7-8,16H2,1-4H3. The first-order valence-corrected chi connectivity index (χ1v) is 6.37. The van der Waals surface area contributed by atoms with Crippen LogP contribution >= 0.6 is 0 Å². The Morgan fingerprint density at radius 1 is 1.19 bits per heavy atom. The molecule has 0 bridgehead atoms. The summed E-state index contributed by atoms with van der Waals surface area (Å²) < 4.78 is 0. The van der Waals surface area contributed by atoms with E-state index < -0.39 is 0 Å². The van der Waals surface area contributed by atoms with Crippen molar-refractivity contribution in [3.63, 3.8) is 0 Å². The van der Waals surface area contributed by atoms with Gasteiger partial charge in [0.1, 0.15) is 0 Å². The van der Waals surface area contributed by atoms with Crippen LogP contribution in [-0.4, -0.2) is 6.04 Å². The number of aryl methyl sites for hydroxylation is 2. The zero-order chi connectivity index (χ0) is 12.1. The molecule has 1 nitrogen and oxygen atoms in total. The number of nitrogens with two attached hydrogens (primary N) is 1. The molecule has 2 unspecified atom stereocenters. The minimum Gasteiger partial charge on any atom is -0.328 e. The van der Waals surface area contributed by atoms with Gasteiger partial charge in [0.15, 0.2) is 0 Å². The Hall–Kier alpha value is -0.820. The lowest BCUT2D eigenvalue weighted by molar-refractivity contribution is 0.529. The molecule has 0 amide bonds. The third kappa shape index (κ3) is 3.64. The topological polar surface area (TPSA) is 26.0 Å². The van der Waals surface area contributed by atoms with Crippen molar-refractivity contribution >= 4 is 0 Å². The molecule has 0 fully saturated rings. The highest BCUT2D eigenvalue weighted by Gasteiger charge is 2.10. The average Bonchev–Trinajstić information content (AvgIpc) is 2.25. The normalized spacial score (nSPS) is 14.8. The van der Waals surface area contributed by atoms with Gasteiger partial charge in [-0.1, -0.05) is 37.6 Å². The molecule has 0 saturated heterocycles. The van der Waals surface area contributed by atoms with Crippen molar-refractivity contribution in [2.45, 2.75) is 58.9 Å². The Kier molecular flexibility index (Phi) is 5.01. The lowest BCUT2D eigenvalue weighted by atomic mass is 9.90. The first kappa shape index (κ1) is 13.2. The van der Waals surface area contributed by atoms with Gasteiger partial charge in [-0.25, -0.2) is 0 Å². The molecule has 2 N–H and O–H groups in total. The number of benzene rings is 1. The first-order valence-electron chi connectivity index (χ1n) is 6.37. The Balaban J connectivity index is 2.62. The summed E-state index contributed by atoms with van der Waals surface area (Å²) in [6.07, 6.45) is 3.41. The van der Waals surface area contributed by atoms with Gasteiger partial charge >= 0.3 is 0 Å².